The van der Waals surface area contributed by atoms with Crippen molar-refractivity contribution in [3.8, 4) is 0 Å². The van der Waals surface area contributed by atoms with Gasteiger partial charge in [-0.2, -0.15) is 0 Å². The Balaban J connectivity index is 0. The van der Waals surface area contributed by atoms with Crippen LogP contribution in [0.4, 0.5) is 0 Å². The second kappa shape index (κ2) is 17.7. The SMILES string of the molecule is C=CCCCCCC.CCOCC. The molecule has 0 aliphatic rings. The van der Waals surface area contributed by atoms with E-state index in [4.69, 9.17) is 4.74 Å². The first kappa shape index (κ1) is 15.2. The Morgan fingerprint density at radius 1 is 1.00 bits per heavy atom. The van der Waals surface area contributed by atoms with Gasteiger partial charge in [0.25, 0.3) is 0 Å². The fourth-order valence-corrected chi connectivity index (χ4v) is 0.920. The predicted octanol–water partition coefficient (Wildman–Crippen LogP) is 4.19. The van der Waals surface area contributed by atoms with Crippen molar-refractivity contribution >= 4 is 0 Å². The van der Waals surface area contributed by atoms with Crippen LogP contribution < -0.4 is 0 Å². The van der Waals surface area contributed by atoms with Crippen LogP contribution >= 0.6 is 0 Å². The molecule has 0 aromatic heterocycles. The fraction of sp³-hybridized carbons (Fsp3) is 0.833. The minimum Gasteiger partial charge on any atom is -0.382 e. The van der Waals surface area contributed by atoms with Gasteiger partial charge in [0.05, 0.1) is 0 Å². The first-order valence-corrected chi connectivity index (χ1v) is 5.52. The predicted molar refractivity (Wildman–Crippen MR) is 61.1 cm³/mol. The summed E-state index contributed by atoms with van der Waals surface area (Å²) in [6, 6.07) is 0. The lowest BCUT2D eigenvalue weighted by Crippen LogP contribution is -1.84. The summed E-state index contributed by atoms with van der Waals surface area (Å²) in [5.41, 5.74) is 0. The molecule has 0 spiro atoms. The van der Waals surface area contributed by atoms with Crippen LogP contribution in [-0.2, 0) is 4.74 Å². The van der Waals surface area contributed by atoms with Gasteiger partial charge in [-0.05, 0) is 26.7 Å². The summed E-state index contributed by atoms with van der Waals surface area (Å²) in [4.78, 5) is 0. The van der Waals surface area contributed by atoms with Gasteiger partial charge in [0.15, 0.2) is 0 Å². The third-order valence-corrected chi connectivity index (χ3v) is 1.67. The van der Waals surface area contributed by atoms with E-state index in [-0.39, 0.29) is 0 Å². The molecule has 0 aliphatic carbocycles. The van der Waals surface area contributed by atoms with Gasteiger partial charge in [-0.1, -0.05) is 32.3 Å². The first-order chi connectivity index (χ1) is 6.33. The van der Waals surface area contributed by atoms with Crippen LogP contribution in [0, 0.1) is 0 Å². The molecule has 0 aromatic carbocycles. The quantitative estimate of drug-likeness (QED) is 0.428. The number of unbranched alkanes of at least 4 members (excludes halogenated alkanes) is 4. The van der Waals surface area contributed by atoms with E-state index in [9.17, 15) is 0 Å². The first-order valence-electron chi connectivity index (χ1n) is 5.52. The van der Waals surface area contributed by atoms with Gasteiger partial charge in [0.1, 0.15) is 0 Å². The topological polar surface area (TPSA) is 9.23 Å². The summed E-state index contributed by atoms with van der Waals surface area (Å²) < 4.78 is 4.83. The number of hydrogen-bond acceptors (Lipinski definition) is 1. The zero-order valence-electron chi connectivity index (χ0n) is 9.64. The Labute approximate surface area is 84.2 Å². The minimum absolute atomic E-state index is 0.844. The fourth-order valence-electron chi connectivity index (χ4n) is 0.920. The minimum atomic E-state index is 0.844. The molecular weight excluding hydrogens is 160 g/mol. The monoisotopic (exact) mass is 186 g/mol. The van der Waals surface area contributed by atoms with E-state index < -0.39 is 0 Å². The van der Waals surface area contributed by atoms with Crippen LogP contribution in [0.25, 0.3) is 0 Å². The lowest BCUT2D eigenvalue weighted by atomic mass is 10.2. The molecule has 0 rings (SSSR count). The molecule has 0 aliphatic heterocycles. The van der Waals surface area contributed by atoms with Crippen LogP contribution in [0.15, 0.2) is 12.7 Å². The third-order valence-electron chi connectivity index (χ3n) is 1.67. The summed E-state index contributed by atoms with van der Waals surface area (Å²) in [7, 11) is 0. The molecule has 1 heteroatoms. The highest BCUT2D eigenvalue weighted by Gasteiger charge is 1.81. The molecule has 0 unspecified atom stereocenters. The van der Waals surface area contributed by atoms with Crippen LogP contribution in [0.3, 0.4) is 0 Å². The van der Waals surface area contributed by atoms with E-state index in [1.807, 2.05) is 19.9 Å². The maximum atomic E-state index is 4.83. The highest BCUT2D eigenvalue weighted by atomic mass is 16.5. The summed E-state index contributed by atoms with van der Waals surface area (Å²) in [5, 5.41) is 0. The molecule has 0 amide bonds. The van der Waals surface area contributed by atoms with Crippen molar-refractivity contribution in [1.29, 1.82) is 0 Å². The van der Waals surface area contributed by atoms with E-state index in [2.05, 4.69) is 13.5 Å². The van der Waals surface area contributed by atoms with E-state index in [0.717, 1.165) is 13.2 Å². The van der Waals surface area contributed by atoms with Crippen molar-refractivity contribution in [2.24, 2.45) is 0 Å². The normalized spacial score (nSPS) is 8.85. The molecule has 0 aromatic rings. The van der Waals surface area contributed by atoms with Crippen molar-refractivity contribution in [3.05, 3.63) is 12.7 Å². The van der Waals surface area contributed by atoms with Crippen molar-refractivity contribution in [2.75, 3.05) is 13.2 Å². The third kappa shape index (κ3) is 24.5. The average molecular weight is 186 g/mol. The van der Waals surface area contributed by atoms with Crippen LogP contribution in [-0.4, -0.2) is 13.2 Å². The van der Waals surface area contributed by atoms with Crippen LogP contribution in [0.1, 0.15) is 52.9 Å². The van der Waals surface area contributed by atoms with Gasteiger partial charge in [-0.25, -0.2) is 0 Å². The van der Waals surface area contributed by atoms with Crippen molar-refractivity contribution in [3.63, 3.8) is 0 Å². The van der Waals surface area contributed by atoms with Gasteiger partial charge in [0, 0.05) is 13.2 Å². The zero-order valence-corrected chi connectivity index (χ0v) is 9.64. The maximum Gasteiger partial charge on any atom is 0.0437 e. The summed E-state index contributed by atoms with van der Waals surface area (Å²) in [6.45, 7) is 11.6. The molecule has 0 heterocycles. The molecule has 1 nitrogen and oxygen atoms in total. The molecule has 0 radical (unpaired) electrons. The largest absolute Gasteiger partial charge is 0.382 e. The van der Waals surface area contributed by atoms with E-state index in [1.165, 1.54) is 32.1 Å². The van der Waals surface area contributed by atoms with E-state index in [0.29, 0.717) is 0 Å². The van der Waals surface area contributed by atoms with Crippen LogP contribution in [0.5, 0.6) is 0 Å². The van der Waals surface area contributed by atoms with Gasteiger partial charge in [-0.15, -0.1) is 6.58 Å². The summed E-state index contributed by atoms with van der Waals surface area (Å²) in [6.07, 6.45) is 8.61. The van der Waals surface area contributed by atoms with Gasteiger partial charge in [0.2, 0.25) is 0 Å². The summed E-state index contributed by atoms with van der Waals surface area (Å²) in [5.74, 6) is 0. The second-order valence-electron chi connectivity index (χ2n) is 2.92. The highest BCUT2D eigenvalue weighted by molar-refractivity contribution is 4.64. The number of allylic oxidation sites excluding steroid dienone is 1. The van der Waals surface area contributed by atoms with Gasteiger partial charge in [-0.3, -0.25) is 0 Å². The number of rotatable bonds is 7. The average Bonchev–Trinajstić information content (AvgIpc) is 2.15. The van der Waals surface area contributed by atoms with Crippen molar-refractivity contribution in [1.82, 2.24) is 0 Å². The number of hydrogen-bond donors (Lipinski definition) is 0. The molecule has 13 heavy (non-hydrogen) atoms. The Kier molecular flexibility index (Phi) is 20.7. The Morgan fingerprint density at radius 3 is 1.92 bits per heavy atom. The highest BCUT2D eigenvalue weighted by Crippen LogP contribution is 2.01. The van der Waals surface area contributed by atoms with Crippen molar-refractivity contribution in [2.45, 2.75) is 52.9 Å². The van der Waals surface area contributed by atoms with Crippen molar-refractivity contribution < 1.29 is 4.74 Å². The summed E-state index contributed by atoms with van der Waals surface area (Å²) >= 11 is 0. The Hall–Kier alpha value is -0.300. The smallest absolute Gasteiger partial charge is 0.0437 e. The van der Waals surface area contributed by atoms with E-state index in [1.54, 1.807) is 0 Å². The van der Waals surface area contributed by atoms with Crippen LogP contribution in [0.2, 0.25) is 0 Å². The molecule has 0 N–H and O–H groups in total. The van der Waals surface area contributed by atoms with E-state index >= 15 is 0 Å². The second-order valence-corrected chi connectivity index (χ2v) is 2.92. The maximum absolute atomic E-state index is 4.83. The molecule has 0 saturated carbocycles. The molecule has 0 saturated heterocycles. The lowest BCUT2D eigenvalue weighted by molar-refractivity contribution is 0.162. The lowest BCUT2D eigenvalue weighted by Gasteiger charge is -1.91. The zero-order chi connectivity index (χ0) is 10.4. The Morgan fingerprint density at radius 2 is 1.62 bits per heavy atom. The molecule has 0 fully saturated rings. The number of ether oxygens (including phenoxy) is 1. The molecular formula is C12H26O. The molecule has 0 atom stereocenters. The molecule has 0 bridgehead atoms. The van der Waals surface area contributed by atoms with Gasteiger partial charge < -0.3 is 4.74 Å². The molecule has 80 valence electrons. The van der Waals surface area contributed by atoms with Gasteiger partial charge >= 0.3 is 0 Å². The standard InChI is InChI=1S/C8H16.C4H10O/c1-3-5-7-8-6-4-2;1-3-5-4-2/h3H,1,4-8H2,2H3;3-4H2,1-2H3. The Bertz CT molecular complexity index is 77.2.